The van der Waals surface area contributed by atoms with Crippen LogP contribution in [0.4, 0.5) is 30.7 Å². The Kier molecular flexibility index (Phi) is 8.66. The number of rotatable bonds is 6. The van der Waals surface area contributed by atoms with Crippen LogP contribution in [-0.2, 0) is 34.5 Å². The SMILES string of the molecule is COC(=O)C1CCC(C(=O)N2CCC(c3ccc(C(O)(C(F)(F)F)C(F)(F)F)cc3)(S(=O)(=O)c3ccc(F)cc3)C2)CC1. The van der Waals surface area contributed by atoms with Crippen molar-refractivity contribution in [3.05, 3.63) is 65.5 Å². The number of ether oxygens (including phenoxy) is 1. The zero-order valence-corrected chi connectivity index (χ0v) is 23.5. The molecule has 15 heteroatoms. The van der Waals surface area contributed by atoms with Crippen molar-refractivity contribution in [3.8, 4) is 0 Å². The van der Waals surface area contributed by atoms with Crippen LogP contribution >= 0.6 is 0 Å². The number of esters is 1. The van der Waals surface area contributed by atoms with Crippen LogP contribution in [-0.4, -0.2) is 62.9 Å². The number of amides is 1. The van der Waals surface area contributed by atoms with E-state index in [1.807, 2.05) is 0 Å². The highest BCUT2D eigenvalue weighted by molar-refractivity contribution is 7.92. The number of hydrogen-bond donors (Lipinski definition) is 1. The van der Waals surface area contributed by atoms with Crippen LogP contribution in [0.5, 0.6) is 0 Å². The van der Waals surface area contributed by atoms with Crippen LogP contribution in [0.25, 0.3) is 0 Å². The number of likely N-dealkylation sites (tertiary alicyclic amines) is 1. The zero-order valence-electron chi connectivity index (χ0n) is 22.7. The van der Waals surface area contributed by atoms with Gasteiger partial charge in [0.05, 0.1) is 17.9 Å². The van der Waals surface area contributed by atoms with Crippen LogP contribution in [0.1, 0.15) is 43.2 Å². The Hall–Kier alpha value is -3.20. The van der Waals surface area contributed by atoms with Gasteiger partial charge in [-0.25, -0.2) is 12.8 Å². The average Bonchev–Trinajstić information content (AvgIpc) is 3.42. The topological polar surface area (TPSA) is 101 Å². The first kappa shape index (κ1) is 32.7. The fourth-order valence-electron chi connectivity index (χ4n) is 5.92. The molecule has 1 saturated heterocycles. The van der Waals surface area contributed by atoms with E-state index in [4.69, 9.17) is 4.74 Å². The van der Waals surface area contributed by atoms with Gasteiger partial charge in [0.25, 0.3) is 5.60 Å². The second-order valence-electron chi connectivity index (χ2n) is 10.8. The molecule has 2 fully saturated rings. The Labute approximate surface area is 242 Å². The minimum Gasteiger partial charge on any atom is -0.469 e. The highest BCUT2D eigenvalue weighted by Gasteiger charge is 2.71. The summed E-state index contributed by atoms with van der Waals surface area (Å²) >= 11 is 0. The first-order valence-electron chi connectivity index (χ1n) is 13.2. The van der Waals surface area contributed by atoms with Crippen LogP contribution in [0.15, 0.2) is 53.4 Å². The normalized spacial score (nSPS) is 23.7. The van der Waals surface area contributed by atoms with Crippen LogP contribution in [0.3, 0.4) is 0 Å². The first-order chi connectivity index (χ1) is 19.9. The Bertz CT molecular complexity index is 1440. The summed E-state index contributed by atoms with van der Waals surface area (Å²) in [5.74, 6) is -2.47. The van der Waals surface area contributed by atoms with Gasteiger partial charge in [0.2, 0.25) is 5.91 Å². The molecule has 1 aliphatic heterocycles. The average molecular weight is 640 g/mol. The number of carbonyl (C=O) groups excluding carboxylic acids is 2. The number of hydrogen-bond acceptors (Lipinski definition) is 6. The quantitative estimate of drug-likeness (QED) is 0.271. The van der Waals surface area contributed by atoms with Crippen molar-refractivity contribution in [2.24, 2.45) is 11.8 Å². The van der Waals surface area contributed by atoms with Gasteiger partial charge < -0.3 is 14.7 Å². The van der Waals surface area contributed by atoms with Gasteiger partial charge in [-0.05, 0) is 61.9 Å². The van der Waals surface area contributed by atoms with Crippen molar-refractivity contribution in [2.75, 3.05) is 20.2 Å². The third-order valence-electron chi connectivity index (χ3n) is 8.44. The molecule has 0 bridgehead atoms. The van der Waals surface area contributed by atoms with E-state index in [2.05, 4.69) is 0 Å². The third kappa shape index (κ3) is 5.61. The van der Waals surface area contributed by atoms with E-state index in [-0.39, 0.29) is 29.3 Å². The number of halogens is 7. The predicted molar refractivity (Wildman–Crippen MR) is 136 cm³/mol. The van der Waals surface area contributed by atoms with Gasteiger partial charge in [-0.2, -0.15) is 26.3 Å². The molecule has 1 saturated carbocycles. The highest BCUT2D eigenvalue weighted by atomic mass is 32.2. The Balaban J connectivity index is 1.72. The molecular weight excluding hydrogens is 611 g/mol. The maximum Gasteiger partial charge on any atom is 0.430 e. The molecule has 1 unspecified atom stereocenters. The molecule has 7 nitrogen and oxygen atoms in total. The molecule has 236 valence electrons. The fraction of sp³-hybridized carbons (Fsp3) is 0.500. The minimum absolute atomic E-state index is 0.104. The van der Waals surface area contributed by atoms with E-state index in [1.54, 1.807) is 0 Å². The van der Waals surface area contributed by atoms with Crippen molar-refractivity contribution in [1.82, 2.24) is 4.90 Å². The number of nitrogens with zero attached hydrogens (tertiary/aromatic N) is 1. The van der Waals surface area contributed by atoms with E-state index >= 15 is 0 Å². The molecule has 1 atom stereocenters. The Morgan fingerprint density at radius 2 is 1.40 bits per heavy atom. The third-order valence-corrected chi connectivity index (χ3v) is 10.9. The fourth-order valence-corrected chi connectivity index (χ4v) is 8.00. The summed E-state index contributed by atoms with van der Waals surface area (Å²) in [7, 11) is -3.27. The number of sulfone groups is 1. The van der Waals surface area contributed by atoms with Gasteiger partial charge in [0, 0.05) is 24.6 Å². The summed E-state index contributed by atoms with van der Waals surface area (Å²) in [4.78, 5) is 26.2. The maximum atomic E-state index is 14.0. The van der Waals surface area contributed by atoms with E-state index in [0.29, 0.717) is 37.8 Å². The number of benzene rings is 2. The zero-order chi connectivity index (χ0) is 32.0. The van der Waals surface area contributed by atoms with Crippen LogP contribution in [0, 0.1) is 17.7 Å². The second-order valence-corrected chi connectivity index (χ2v) is 13.1. The van der Waals surface area contributed by atoms with Gasteiger partial charge >= 0.3 is 18.3 Å². The predicted octanol–water partition coefficient (Wildman–Crippen LogP) is 5.02. The first-order valence-corrected chi connectivity index (χ1v) is 14.7. The van der Waals surface area contributed by atoms with E-state index in [0.717, 1.165) is 36.4 Å². The molecule has 2 aliphatic rings. The van der Waals surface area contributed by atoms with Gasteiger partial charge in [-0.3, -0.25) is 9.59 Å². The largest absolute Gasteiger partial charge is 0.469 e. The van der Waals surface area contributed by atoms with Crippen LogP contribution < -0.4 is 0 Å². The number of carbonyl (C=O) groups is 2. The summed E-state index contributed by atoms with van der Waals surface area (Å²) < 4.78 is 125. The van der Waals surface area contributed by atoms with Gasteiger partial charge in [-0.1, -0.05) is 24.3 Å². The van der Waals surface area contributed by atoms with Crippen LogP contribution in [0.2, 0.25) is 0 Å². The van der Waals surface area contributed by atoms with Crippen molar-refractivity contribution in [2.45, 2.75) is 59.7 Å². The minimum atomic E-state index is -6.14. The Morgan fingerprint density at radius 1 is 0.884 bits per heavy atom. The maximum absolute atomic E-state index is 14.0. The van der Waals surface area contributed by atoms with Gasteiger partial charge in [0.1, 0.15) is 10.6 Å². The van der Waals surface area contributed by atoms with E-state index in [1.165, 1.54) is 12.0 Å². The molecule has 1 amide bonds. The van der Waals surface area contributed by atoms with E-state index < -0.39 is 68.3 Å². The number of alkyl halides is 6. The standard InChI is InChI=1S/C28H28F7NO6S/c1-42-24(38)18-4-2-17(3-5-18)23(37)36-15-14-25(16-36,43(40,41)22-12-10-21(29)11-13-22)19-6-8-20(9-7-19)26(39,27(30,31)32)28(33,34)35/h6-13,17-18,39H,2-5,14-16H2,1H3. The summed E-state index contributed by atoms with van der Waals surface area (Å²) in [5.41, 5.74) is -7.00. The lowest BCUT2D eigenvalue weighted by atomic mass is 9.81. The summed E-state index contributed by atoms with van der Waals surface area (Å²) in [6, 6.07) is 5.95. The monoisotopic (exact) mass is 639 g/mol. The molecular formula is C28H28F7NO6S. The molecule has 0 spiro atoms. The van der Waals surface area contributed by atoms with Crippen molar-refractivity contribution in [1.29, 1.82) is 0 Å². The van der Waals surface area contributed by atoms with E-state index in [9.17, 15) is 53.8 Å². The molecule has 4 rings (SSSR count). The molecule has 1 heterocycles. The lowest BCUT2D eigenvalue weighted by molar-refractivity contribution is -0.376. The van der Waals surface area contributed by atoms with Gasteiger partial charge in [0.15, 0.2) is 9.84 Å². The summed E-state index contributed by atoms with van der Waals surface area (Å²) in [5, 5.41) is 9.78. The summed E-state index contributed by atoms with van der Waals surface area (Å²) in [6.07, 6.45) is -11.2. The van der Waals surface area contributed by atoms with Crippen molar-refractivity contribution in [3.63, 3.8) is 0 Å². The molecule has 2 aromatic rings. The smallest absolute Gasteiger partial charge is 0.430 e. The molecule has 0 aromatic heterocycles. The van der Waals surface area contributed by atoms with Crippen molar-refractivity contribution >= 4 is 21.7 Å². The molecule has 1 aliphatic carbocycles. The molecule has 2 aromatic carbocycles. The van der Waals surface area contributed by atoms with Crippen molar-refractivity contribution < 1.29 is 58.6 Å². The molecule has 43 heavy (non-hydrogen) atoms. The molecule has 1 N–H and O–H groups in total. The number of aliphatic hydroxyl groups is 1. The lowest BCUT2D eigenvalue weighted by Crippen LogP contribution is -2.54. The number of methoxy groups -OCH3 is 1. The van der Waals surface area contributed by atoms with Gasteiger partial charge in [-0.15, -0.1) is 0 Å². The highest BCUT2D eigenvalue weighted by Crippen LogP contribution is 2.51. The molecule has 0 radical (unpaired) electrons. The summed E-state index contributed by atoms with van der Waals surface area (Å²) in [6.45, 7) is -0.586. The second kappa shape index (κ2) is 11.4. The lowest BCUT2D eigenvalue weighted by Gasteiger charge is -2.34. The Morgan fingerprint density at radius 3 is 1.88 bits per heavy atom.